The molecule has 1 aliphatic rings. The largest absolute Gasteiger partial charge is 0.337 e. The molecular weight excluding hydrogens is 164 g/mol. The highest BCUT2D eigenvalue weighted by atomic mass is 16.2. The summed E-state index contributed by atoms with van der Waals surface area (Å²) in [4.78, 5) is 17.4. The minimum Gasteiger partial charge on any atom is -0.337 e. The Morgan fingerprint density at radius 3 is 3.00 bits per heavy atom. The first-order valence-corrected chi connectivity index (χ1v) is 4.38. The molecule has 1 fully saturated rings. The average Bonchev–Trinajstić information content (AvgIpc) is 3.00. The predicted octanol–water partition coefficient (Wildman–Crippen LogP) is 1.12. The third kappa shape index (κ3) is 1.69. The highest BCUT2D eigenvalue weighted by molar-refractivity contribution is 5.92. The summed E-state index contributed by atoms with van der Waals surface area (Å²) in [6.45, 7) is 0. The predicted molar refractivity (Wildman–Crippen MR) is 48.2 cm³/mol. The average molecular weight is 175 g/mol. The number of aromatic nitrogens is 1. The monoisotopic (exact) mass is 175 g/mol. The molecule has 67 valence electrons. The summed E-state index contributed by atoms with van der Waals surface area (Å²) in [5.74, 6) is 0.0106. The molecule has 1 aromatic rings. The topological polar surface area (TPSA) is 33.2 Å². The van der Waals surface area contributed by atoms with Crippen LogP contribution in [0.4, 0.5) is 0 Å². The summed E-state index contributed by atoms with van der Waals surface area (Å²) < 4.78 is 0. The molecule has 0 aromatic carbocycles. The van der Waals surface area contributed by atoms with E-state index in [0.29, 0.717) is 11.7 Å². The first-order chi connectivity index (χ1) is 6.29. The van der Waals surface area contributed by atoms with Crippen molar-refractivity contribution in [3.63, 3.8) is 0 Å². The molecule has 1 radical (unpaired) electrons. The third-order valence-electron chi connectivity index (χ3n) is 2.25. The van der Waals surface area contributed by atoms with Crippen LogP contribution in [0, 0.1) is 6.07 Å². The first-order valence-electron chi connectivity index (χ1n) is 4.38. The molecule has 0 aliphatic heterocycles. The Bertz CT molecular complexity index is 306. The minimum atomic E-state index is 0.0106. The van der Waals surface area contributed by atoms with Crippen LogP contribution in [0.25, 0.3) is 0 Å². The maximum absolute atomic E-state index is 11.7. The molecule has 0 N–H and O–H groups in total. The van der Waals surface area contributed by atoms with E-state index in [0.717, 1.165) is 12.8 Å². The van der Waals surface area contributed by atoms with Gasteiger partial charge in [-0.25, -0.2) is 0 Å². The Hall–Kier alpha value is -1.38. The van der Waals surface area contributed by atoms with Gasteiger partial charge in [-0.15, -0.1) is 0 Å². The van der Waals surface area contributed by atoms with E-state index in [1.54, 1.807) is 17.0 Å². The van der Waals surface area contributed by atoms with Crippen LogP contribution >= 0.6 is 0 Å². The van der Waals surface area contributed by atoms with Crippen molar-refractivity contribution >= 4 is 5.91 Å². The molecule has 2 rings (SSSR count). The Balaban J connectivity index is 2.12. The Morgan fingerprint density at radius 1 is 1.69 bits per heavy atom. The van der Waals surface area contributed by atoms with E-state index >= 15 is 0 Å². The number of carbonyl (C=O) groups excluding carboxylic acids is 1. The van der Waals surface area contributed by atoms with Crippen LogP contribution in [0.1, 0.15) is 23.3 Å². The quantitative estimate of drug-likeness (QED) is 0.674. The van der Waals surface area contributed by atoms with E-state index in [-0.39, 0.29) is 5.91 Å². The molecule has 3 nitrogen and oxygen atoms in total. The van der Waals surface area contributed by atoms with Gasteiger partial charge < -0.3 is 4.90 Å². The van der Waals surface area contributed by atoms with E-state index < -0.39 is 0 Å². The van der Waals surface area contributed by atoms with Gasteiger partial charge in [-0.3, -0.25) is 9.78 Å². The summed E-state index contributed by atoms with van der Waals surface area (Å²) in [6, 6.07) is 6.64. The molecule has 3 heteroatoms. The second-order valence-electron chi connectivity index (χ2n) is 3.29. The van der Waals surface area contributed by atoms with Crippen molar-refractivity contribution in [2.24, 2.45) is 0 Å². The van der Waals surface area contributed by atoms with E-state index in [9.17, 15) is 4.79 Å². The molecule has 0 spiro atoms. The fraction of sp³-hybridized carbons (Fsp3) is 0.400. The third-order valence-corrected chi connectivity index (χ3v) is 2.25. The summed E-state index contributed by atoms with van der Waals surface area (Å²) in [5.41, 5.74) is 0.508. The molecule has 13 heavy (non-hydrogen) atoms. The summed E-state index contributed by atoms with van der Waals surface area (Å²) in [7, 11) is 1.83. The van der Waals surface area contributed by atoms with Crippen LogP contribution in [0.2, 0.25) is 0 Å². The molecule has 0 atom stereocenters. The van der Waals surface area contributed by atoms with Crippen molar-refractivity contribution < 1.29 is 4.79 Å². The lowest BCUT2D eigenvalue weighted by atomic mass is 10.3. The highest BCUT2D eigenvalue weighted by Gasteiger charge is 2.30. The molecule has 0 bridgehead atoms. The van der Waals surface area contributed by atoms with Gasteiger partial charge in [0.25, 0.3) is 5.91 Å². The van der Waals surface area contributed by atoms with Crippen molar-refractivity contribution in [2.75, 3.05) is 7.05 Å². The number of amides is 1. The first kappa shape index (κ1) is 8.23. The Kier molecular flexibility index (Phi) is 2.00. The molecular formula is C10H11N2O. The van der Waals surface area contributed by atoms with Crippen molar-refractivity contribution in [3.05, 3.63) is 30.1 Å². The second-order valence-corrected chi connectivity index (χ2v) is 3.29. The zero-order valence-electron chi connectivity index (χ0n) is 7.53. The number of rotatable bonds is 2. The molecule has 1 aromatic heterocycles. The lowest BCUT2D eigenvalue weighted by Gasteiger charge is -2.14. The highest BCUT2D eigenvalue weighted by Crippen LogP contribution is 2.26. The molecule has 1 saturated carbocycles. The van der Waals surface area contributed by atoms with Crippen molar-refractivity contribution in [1.29, 1.82) is 0 Å². The Morgan fingerprint density at radius 2 is 2.46 bits per heavy atom. The van der Waals surface area contributed by atoms with Gasteiger partial charge in [0.05, 0.1) is 0 Å². The molecule has 0 saturated heterocycles. The molecule has 1 aliphatic carbocycles. The Labute approximate surface area is 77.4 Å². The van der Waals surface area contributed by atoms with E-state index in [4.69, 9.17) is 0 Å². The van der Waals surface area contributed by atoms with E-state index in [2.05, 4.69) is 11.1 Å². The van der Waals surface area contributed by atoms with Crippen LogP contribution < -0.4 is 0 Å². The fourth-order valence-corrected chi connectivity index (χ4v) is 1.25. The molecule has 0 unspecified atom stereocenters. The number of nitrogens with zero attached hydrogens (tertiary/aromatic N) is 2. The van der Waals surface area contributed by atoms with Crippen molar-refractivity contribution in [3.8, 4) is 0 Å². The summed E-state index contributed by atoms with van der Waals surface area (Å²) in [5, 5.41) is 0. The fourth-order valence-electron chi connectivity index (χ4n) is 1.25. The second kappa shape index (κ2) is 3.17. The van der Waals surface area contributed by atoms with E-state index in [1.165, 1.54) is 6.20 Å². The zero-order valence-corrected chi connectivity index (χ0v) is 7.53. The van der Waals surface area contributed by atoms with Gasteiger partial charge in [0.1, 0.15) is 5.69 Å². The van der Waals surface area contributed by atoms with Gasteiger partial charge in [-0.05, 0) is 18.9 Å². The zero-order chi connectivity index (χ0) is 9.26. The number of carbonyl (C=O) groups is 1. The molecule has 1 amide bonds. The number of pyridine rings is 1. The number of hydrogen-bond acceptors (Lipinski definition) is 2. The minimum absolute atomic E-state index is 0.0106. The van der Waals surface area contributed by atoms with Crippen LogP contribution in [-0.4, -0.2) is 28.9 Å². The van der Waals surface area contributed by atoms with Crippen LogP contribution in [0.15, 0.2) is 18.3 Å². The molecule has 1 heterocycles. The van der Waals surface area contributed by atoms with Gasteiger partial charge in [-0.2, -0.15) is 0 Å². The van der Waals surface area contributed by atoms with Crippen LogP contribution in [-0.2, 0) is 0 Å². The maximum Gasteiger partial charge on any atom is 0.272 e. The van der Waals surface area contributed by atoms with Crippen LogP contribution in [0.3, 0.4) is 0 Å². The summed E-state index contributed by atoms with van der Waals surface area (Å²) >= 11 is 0. The number of hydrogen-bond donors (Lipinski definition) is 0. The van der Waals surface area contributed by atoms with Crippen molar-refractivity contribution in [2.45, 2.75) is 18.9 Å². The van der Waals surface area contributed by atoms with Gasteiger partial charge in [0.2, 0.25) is 0 Å². The van der Waals surface area contributed by atoms with E-state index in [1.807, 2.05) is 7.05 Å². The lowest BCUT2D eigenvalue weighted by Crippen LogP contribution is -2.29. The maximum atomic E-state index is 11.7. The van der Waals surface area contributed by atoms with Gasteiger partial charge in [-0.1, -0.05) is 6.07 Å². The standard InChI is InChI=1S/C10H11N2O/c1-12(8-5-6-8)10(13)9-4-2-3-7-11-9/h2,4,7-8H,5-6H2,1H3. The van der Waals surface area contributed by atoms with Gasteiger partial charge in [0.15, 0.2) is 0 Å². The SMILES string of the molecule is CN(C(=O)c1cc[c]cn1)C1CC1. The van der Waals surface area contributed by atoms with Gasteiger partial charge in [0, 0.05) is 25.4 Å². The van der Waals surface area contributed by atoms with Crippen LogP contribution in [0.5, 0.6) is 0 Å². The smallest absolute Gasteiger partial charge is 0.272 e. The summed E-state index contributed by atoms with van der Waals surface area (Å²) in [6.07, 6.45) is 3.77. The lowest BCUT2D eigenvalue weighted by molar-refractivity contribution is 0.0779. The van der Waals surface area contributed by atoms with Crippen molar-refractivity contribution in [1.82, 2.24) is 9.88 Å². The normalized spacial score (nSPS) is 15.5. The van der Waals surface area contributed by atoms with Gasteiger partial charge >= 0.3 is 0 Å².